The molecular weight excluding hydrogens is 1110 g/mol. The van der Waals surface area contributed by atoms with Gasteiger partial charge < -0.3 is 20.3 Å². The fourth-order valence-corrected chi connectivity index (χ4v) is 12.7. The molecule has 0 saturated heterocycles. The van der Waals surface area contributed by atoms with Crippen LogP contribution in [0.1, 0.15) is 444 Å². The smallest absolute Gasteiger partial charge is 0.305 e. The van der Waals surface area contributed by atoms with Gasteiger partial charge in [0.25, 0.3) is 0 Å². The summed E-state index contributed by atoms with van der Waals surface area (Å²) in [5.41, 5.74) is 0. The predicted molar refractivity (Wildman–Crippen MR) is 402 cm³/mol. The minimum atomic E-state index is -0.846. The Labute approximate surface area is 569 Å². The number of amides is 1. The monoisotopic (exact) mass is 1270 g/mol. The summed E-state index contributed by atoms with van der Waals surface area (Å²) in [6, 6.07) is -0.629. The van der Waals surface area contributed by atoms with Gasteiger partial charge in [0.05, 0.1) is 25.4 Å². The molecule has 0 radical (unpaired) electrons. The molecule has 91 heavy (non-hydrogen) atoms. The number of carbonyl (C=O) groups is 2. The number of hydrogen-bond acceptors (Lipinski definition) is 5. The summed E-state index contributed by atoms with van der Waals surface area (Å²) in [5.74, 6) is -0.0589. The van der Waals surface area contributed by atoms with Gasteiger partial charge in [-0.2, -0.15) is 0 Å². The summed E-state index contributed by atoms with van der Waals surface area (Å²) in [4.78, 5) is 24.6. The van der Waals surface area contributed by atoms with E-state index in [9.17, 15) is 19.8 Å². The first kappa shape index (κ1) is 88.6. The van der Waals surface area contributed by atoms with E-state index in [4.69, 9.17) is 4.74 Å². The largest absolute Gasteiger partial charge is 0.466 e. The second-order valence-electron chi connectivity index (χ2n) is 28.1. The summed E-state index contributed by atoms with van der Waals surface area (Å²) in [6.45, 7) is 4.90. The van der Waals surface area contributed by atoms with Gasteiger partial charge in [-0.05, 0) is 89.9 Å². The first-order chi connectivity index (χ1) is 45.0. The maximum atomic E-state index is 12.6. The molecule has 534 valence electrons. The van der Waals surface area contributed by atoms with Crippen LogP contribution in [0, 0.1) is 0 Å². The highest BCUT2D eigenvalue weighted by atomic mass is 16.5. The minimum absolute atomic E-state index is 0.00209. The molecule has 0 aromatic carbocycles. The maximum Gasteiger partial charge on any atom is 0.305 e. The molecule has 6 heteroatoms. The third-order valence-electron chi connectivity index (χ3n) is 19.0. The molecule has 0 aliphatic carbocycles. The molecule has 0 heterocycles. The van der Waals surface area contributed by atoms with Crippen molar-refractivity contribution in [1.29, 1.82) is 0 Å². The van der Waals surface area contributed by atoms with Crippen LogP contribution < -0.4 is 5.32 Å². The minimum Gasteiger partial charge on any atom is -0.466 e. The van der Waals surface area contributed by atoms with Gasteiger partial charge >= 0.3 is 5.97 Å². The van der Waals surface area contributed by atoms with Crippen molar-refractivity contribution < 1.29 is 24.5 Å². The average molecular weight is 1280 g/mol. The van der Waals surface area contributed by atoms with E-state index in [1.807, 2.05) is 6.08 Å². The van der Waals surface area contributed by atoms with Crippen molar-refractivity contribution in [3.8, 4) is 0 Å². The van der Waals surface area contributed by atoms with Crippen LogP contribution in [0.3, 0.4) is 0 Å². The number of aliphatic hydroxyl groups is 2. The molecule has 2 atom stereocenters. The number of aliphatic hydroxyl groups excluding tert-OH is 2. The molecule has 0 aromatic rings. The average Bonchev–Trinajstić information content (AvgIpc) is 3.64. The lowest BCUT2D eigenvalue weighted by Crippen LogP contribution is -2.45. The molecule has 0 fully saturated rings. The zero-order chi connectivity index (χ0) is 65.6. The molecule has 0 rings (SSSR count). The number of allylic oxidation sites excluding steroid dienone is 9. The Morgan fingerprint density at radius 3 is 0.868 bits per heavy atom. The van der Waals surface area contributed by atoms with Gasteiger partial charge in [0.15, 0.2) is 0 Å². The van der Waals surface area contributed by atoms with Crippen LogP contribution in [0.25, 0.3) is 0 Å². The van der Waals surface area contributed by atoms with Crippen LogP contribution >= 0.6 is 0 Å². The van der Waals surface area contributed by atoms with E-state index in [1.54, 1.807) is 6.08 Å². The lowest BCUT2D eigenvalue weighted by Gasteiger charge is -2.20. The maximum absolute atomic E-state index is 12.6. The Balaban J connectivity index is 3.40. The second kappa shape index (κ2) is 80.0. The molecular formula is C85H159NO5. The Bertz CT molecular complexity index is 1570. The first-order valence-electron chi connectivity index (χ1n) is 41.1. The molecule has 2 unspecified atom stereocenters. The van der Waals surface area contributed by atoms with Crippen molar-refractivity contribution in [2.45, 2.75) is 456 Å². The SMILES string of the molecule is CCCC/C=C\C/C=C\CCCCCCCC(=O)OCCCCCCCCCCCCC/C=C\C/C=C\CCCCCCCCCCCCCCCCCCCC(=O)NC(CO)C(O)/C=C/CCCCCCCCCCCCCCCCCCCCCCCCC. The number of rotatable bonds is 77. The van der Waals surface area contributed by atoms with Crippen LogP contribution in [-0.4, -0.2) is 47.4 Å². The van der Waals surface area contributed by atoms with Gasteiger partial charge in [0.1, 0.15) is 0 Å². The van der Waals surface area contributed by atoms with Crippen molar-refractivity contribution >= 4 is 11.9 Å². The normalized spacial score (nSPS) is 12.8. The van der Waals surface area contributed by atoms with Gasteiger partial charge in [0.2, 0.25) is 5.91 Å². The summed E-state index contributed by atoms with van der Waals surface area (Å²) < 4.78 is 5.48. The van der Waals surface area contributed by atoms with Crippen LogP contribution in [0.15, 0.2) is 60.8 Å². The van der Waals surface area contributed by atoms with Crippen molar-refractivity contribution in [3.63, 3.8) is 0 Å². The summed E-state index contributed by atoms with van der Waals surface area (Å²) in [6.07, 6.45) is 108. The van der Waals surface area contributed by atoms with E-state index in [1.165, 1.54) is 360 Å². The van der Waals surface area contributed by atoms with E-state index in [0.717, 1.165) is 57.8 Å². The lowest BCUT2D eigenvalue weighted by molar-refractivity contribution is -0.143. The van der Waals surface area contributed by atoms with Crippen molar-refractivity contribution in [1.82, 2.24) is 5.32 Å². The zero-order valence-electron chi connectivity index (χ0n) is 61.3. The third kappa shape index (κ3) is 76.5. The Morgan fingerprint density at radius 1 is 0.308 bits per heavy atom. The van der Waals surface area contributed by atoms with Gasteiger partial charge in [-0.3, -0.25) is 9.59 Å². The summed E-state index contributed by atoms with van der Waals surface area (Å²) in [7, 11) is 0. The van der Waals surface area contributed by atoms with Crippen molar-refractivity contribution in [2.24, 2.45) is 0 Å². The highest BCUT2D eigenvalue weighted by Crippen LogP contribution is 2.19. The molecule has 0 spiro atoms. The van der Waals surface area contributed by atoms with Crippen LogP contribution in [0.4, 0.5) is 0 Å². The highest BCUT2D eigenvalue weighted by Gasteiger charge is 2.18. The van der Waals surface area contributed by atoms with E-state index in [0.29, 0.717) is 19.4 Å². The van der Waals surface area contributed by atoms with Gasteiger partial charge in [0, 0.05) is 12.8 Å². The van der Waals surface area contributed by atoms with Crippen molar-refractivity contribution in [2.75, 3.05) is 13.2 Å². The lowest BCUT2D eigenvalue weighted by atomic mass is 10.0. The van der Waals surface area contributed by atoms with Gasteiger partial charge in [-0.25, -0.2) is 0 Å². The number of unbranched alkanes of at least 4 members (excludes halogenated alkanes) is 58. The van der Waals surface area contributed by atoms with E-state index < -0.39 is 12.1 Å². The molecule has 6 nitrogen and oxygen atoms in total. The van der Waals surface area contributed by atoms with Gasteiger partial charge in [-0.1, -0.05) is 402 Å². The second-order valence-corrected chi connectivity index (χ2v) is 28.1. The molecule has 0 aromatic heterocycles. The Hall–Kier alpha value is -2.44. The van der Waals surface area contributed by atoms with Crippen LogP contribution in [0.2, 0.25) is 0 Å². The molecule has 3 N–H and O–H groups in total. The Morgan fingerprint density at radius 2 is 0.560 bits per heavy atom. The number of hydrogen-bond donors (Lipinski definition) is 3. The number of nitrogens with one attached hydrogen (secondary N) is 1. The molecule has 0 aliphatic rings. The number of ether oxygens (including phenoxy) is 1. The summed E-state index contributed by atoms with van der Waals surface area (Å²) in [5, 5.41) is 23.3. The van der Waals surface area contributed by atoms with Crippen molar-refractivity contribution in [3.05, 3.63) is 60.8 Å². The molecule has 0 bridgehead atoms. The van der Waals surface area contributed by atoms with Crippen LogP contribution in [0.5, 0.6) is 0 Å². The highest BCUT2D eigenvalue weighted by molar-refractivity contribution is 5.76. The molecule has 0 saturated carbocycles. The molecule has 1 amide bonds. The Kier molecular flexibility index (Phi) is 77.9. The first-order valence-corrected chi connectivity index (χ1v) is 41.1. The van der Waals surface area contributed by atoms with E-state index in [2.05, 4.69) is 67.8 Å². The van der Waals surface area contributed by atoms with E-state index in [-0.39, 0.29) is 18.5 Å². The van der Waals surface area contributed by atoms with E-state index >= 15 is 0 Å². The molecule has 0 aliphatic heterocycles. The standard InChI is InChI=1S/C85H159NO5/c1-3-5-7-9-11-13-15-17-19-20-21-22-23-35-38-41-44-47-50-53-57-61-65-69-73-77-83(88)82(81-87)86-84(89)78-74-70-66-62-58-54-51-48-45-42-39-36-33-31-29-27-25-24-26-28-30-32-34-37-40-43-46-49-52-56-60-64-68-72-76-80-91-85(90)79-75-71-67-63-59-55-18-16-14-12-10-8-6-4-2/h10,12,16,18,26,28,32,34,73,77,82-83,87-88H,3-9,11,13-15,17,19-25,27,29-31,33,35-72,74-76,78-81H2,1-2H3,(H,86,89)/b12-10-,18-16-,28-26-,34-32-,77-73+. The fraction of sp³-hybridized carbons (Fsp3) is 0.859. The van der Waals surface area contributed by atoms with Crippen LogP contribution in [-0.2, 0) is 14.3 Å². The predicted octanol–water partition coefficient (Wildman–Crippen LogP) is 27.3. The fourth-order valence-electron chi connectivity index (χ4n) is 12.7. The zero-order valence-corrected chi connectivity index (χ0v) is 61.3. The topological polar surface area (TPSA) is 95.9 Å². The third-order valence-corrected chi connectivity index (χ3v) is 19.0. The van der Waals surface area contributed by atoms with Gasteiger partial charge in [-0.15, -0.1) is 0 Å². The number of esters is 1. The number of carbonyl (C=O) groups excluding carboxylic acids is 2. The summed E-state index contributed by atoms with van der Waals surface area (Å²) >= 11 is 0. The quantitative estimate of drug-likeness (QED) is 0.0320.